The van der Waals surface area contributed by atoms with Crippen molar-refractivity contribution in [2.75, 3.05) is 37.9 Å². The maximum Gasteiger partial charge on any atom is 0.341 e. The monoisotopic (exact) mass is 503 g/mol. The van der Waals surface area contributed by atoms with Crippen LogP contribution in [0, 0.1) is 11.7 Å². The molecule has 2 aromatic rings. The molecule has 2 fully saturated rings. The van der Waals surface area contributed by atoms with Crippen LogP contribution in [0.3, 0.4) is 0 Å². The molecule has 1 atom stereocenters. The summed E-state index contributed by atoms with van der Waals surface area (Å²) in [5.74, 6) is -2.03. The number of anilines is 1. The molecule has 3 heterocycles. The van der Waals surface area contributed by atoms with Crippen molar-refractivity contribution in [2.24, 2.45) is 16.8 Å². The highest BCUT2D eigenvalue weighted by atomic mass is 32.2. The molecule has 1 saturated carbocycles. The molecule has 188 valence electrons. The van der Waals surface area contributed by atoms with Crippen molar-refractivity contribution >= 4 is 38.7 Å². The predicted molar refractivity (Wildman–Crippen MR) is 121 cm³/mol. The first-order chi connectivity index (χ1) is 15.4. The van der Waals surface area contributed by atoms with Gasteiger partial charge in [-0.05, 0) is 18.9 Å². The third kappa shape index (κ3) is 6.05. The summed E-state index contributed by atoms with van der Waals surface area (Å²) in [6, 6.07) is 1.14. The average Bonchev–Trinajstić information content (AvgIpc) is 3.47. The molecular weight excluding hydrogens is 477 g/mol. The van der Waals surface area contributed by atoms with Crippen molar-refractivity contribution in [1.82, 2.24) is 9.55 Å². The van der Waals surface area contributed by atoms with Gasteiger partial charge in [0.15, 0.2) is 11.6 Å². The first kappa shape index (κ1) is 27.1. The molecule has 4 rings (SSSR count). The minimum Gasteiger partial charge on any atom is -0.477 e. The van der Waals surface area contributed by atoms with E-state index in [0.717, 1.165) is 18.9 Å². The Labute approximate surface area is 193 Å². The van der Waals surface area contributed by atoms with E-state index in [1.165, 1.54) is 13.3 Å². The molecule has 0 amide bonds. The molecule has 2 aliphatic rings. The van der Waals surface area contributed by atoms with Crippen LogP contribution in [0.25, 0.3) is 11.0 Å². The van der Waals surface area contributed by atoms with Gasteiger partial charge in [-0.2, -0.15) is 8.42 Å². The van der Waals surface area contributed by atoms with Gasteiger partial charge in [-0.25, -0.2) is 14.2 Å². The normalized spacial score (nSPS) is 18.9. The number of carbonyl (C=O) groups is 1. The molecule has 0 spiro atoms. The van der Waals surface area contributed by atoms with Gasteiger partial charge in [0.25, 0.3) is 10.1 Å². The molecule has 6 N–H and O–H groups in total. The zero-order valence-corrected chi connectivity index (χ0v) is 19.2. The smallest absolute Gasteiger partial charge is 0.341 e. The number of hydrogen-bond donors (Lipinski definition) is 3. The van der Waals surface area contributed by atoms with E-state index in [1.54, 1.807) is 9.47 Å². The number of pyridine rings is 2. The van der Waals surface area contributed by atoms with E-state index >= 15 is 0 Å². The Hall–Kier alpha value is -3.14. The Morgan fingerprint density at radius 3 is 2.53 bits per heavy atom. The van der Waals surface area contributed by atoms with E-state index in [0.29, 0.717) is 31.6 Å². The molecule has 0 radical (unpaired) electrons. The molecule has 1 saturated heterocycles. The molecule has 2 aromatic heterocycles. The van der Waals surface area contributed by atoms with Gasteiger partial charge in [-0.3, -0.25) is 9.35 Å². The molecule has 0 bridgehead atoms. The van der Waals surface area contributed by atoms with E-state index < -0.39 is 27.3 Å². The lowest BCUT2D eigenvalue weighted by atomic mass is 10.1. The number of carboxylic acids is 1. The third-order valence-electron chi connectivity index (χ3n) is 5.17. The zero-order chi connectivity index (χ0) is 24.5. The minimum absolute atomic E-state index is 0. The Bertz CT molecular complexity index is 1270. The Morgan fingerprint density at radius 2 is 2.03 bits per heavy atom. The third-order valence-corrected chi connectivity index (χ3v) is 5.17. The van der Waals surface area contributed by atoms with E-state index in [9.17, 15) is 27.5 Å². The van der Waals surface area contributed by atoms with Gasteiger partial charge in [-0.15, -0.1) is 0 Å². The minimum atomic E-state index is -3.67. The van der Waals surface area contributed by atoms with Crippen LogP contribution < -0.4 is 16.1 Å². The van der Waals surface area contributed by atoms with Crippen LogP contribution in [0.1, 0.15) is 29.2 Å². The van der Waals surface area contributed by atoms with Crippen molar-refractivity contribution < 1.29 is 37.6 Å². The second kappa shape index (κ2) is 10.4. The maximum absolute atomic E-state index is 14.9. The number of carboxylic acid groups (broad SMARTS) is 1. The van der Waals surface area contributed by atoms with Gasteiger partial charge in [0.05, 0.1) is 23.9 Å². The number of rotatable bonds is 5. The van der Waals surface area contributed by atoms with E-state index in [-0.39, 0.29) is 39.9 Å². The van der Waals surface area contributed by atoms with Gasteiger partial charge in [-0.1, -0.05) is 5.16 Å². The number of aromatic carboxylic acids is 1. The van der Waals surface area contributed by atoms with Gasteiger partial charge in [0, 0.05) is 31.2 Å². The summed E-state index contributed by atoms with van der Waals surface area (Å²) in [6.07, 6.45) is 3.74. The van der Waals surface area contributed by atoms with Gasteiger partial charge in [0.2, 0.25) is 5.43 Å². The predicted octanol–water partition coefficient (Wildman–Crippen LogP) is -0.355. The molecular formula is C19H26FN5O8S. The van der Waals surface area contributed by atoms with Crippen molar-refractivity contribution in [1.29, 1.82) is 0 Å². The lowest BCUT2D eigenvalue weighted by Crippen LogP contribution is -2.26. The molecule has 13 nitrogen and oxygen atoms in total. The van der Waals surface area contributed by atoms with E-state index in [2.05, 4.69) is 10.1 Å². The van der Waals surface area contributed by atoms with Crippen molar-refractivity contribution in [2.45, 2.75) is 18.9 Å². The number of nitrogens with zero attached hydrogens (tertiary/aromatic N) is 4. The number of aromatic nitrogens is 2. The average molecular weight is 504 g/mol. The molecule has 1 aliphatic carbocycles. The number of halogens is 1. The first-order valence-corrected chi connectivity index (χ1v) is 11.8. The highest BCUT2D eigenvalue weighted by molar-refractivity contribution is 7.85. The van der Waals surface area contributed by atoms with Crippen LogP contribution in [0.5, 0.6) is 0 Å². The first-order valence-electron chi connectivity index (χ1n) is 9.90. The van der Waals surface area contributed by atoms with Crippen LogP contribution in [0.15, 0.2) is 22.2 Å². The molecule has 1 unspecified atom stereocenters. The molecule has 0 aromatic carbocycles. The number of nitrogens with two attached hydrogens (primary N) is 1. The van der Waals surface area contributed by atoms with Crippen LogP contribution >= 0.6 is 0 Å². The SMILES string of the molecule is CON=C1CN(c2nc3c(cc2F)c(=O)c(C(=O)O)cn3C2CC2)CC1CN.CS(=O)(=O)O.O. The lowest BCUT2D eigenvalue weighted by Gasteiger charge is -2.19. The van der Waals surface area contributed by atoms with Gasteiger partial charge < -0.3 is 30.6 Å². The largest absolute Gasteiger partial charge is 0.477 e. The van der Waals surface area contributed by atoms with Crippen LogP contribution in [-0.2, 0) is 15.0 Å². The van der Waals surface area contributed by atoms with E-state index in [1.807, 2.05) is 0 Å². The van der Waals surface area contributed by atoms with Crippen LogP contribution in [0.4, 0.5) is 10.2 Å². The maximum atomic E-state index is 14.9. The zero-order valence-electron chi connectivity index (χ0n) is 18.4. The summed E-state index contributed by atoms with van der Waals surface area (Å²) in [7, 11) is -2.23. The second-order valence-corrected chi connectivity index (χ2v) is 9.26. The summed E-state index contributed by atoms with van der Waals surface area (Å²) < 4.78 is 42.4. The topological polar surface area (TPSA) is 209 Å². The Kier molecular flexibility index (Phi) is 8.31. The quantitative estimate of drug-likeness (QED) is 0.356. The van der Waals surface area contributed by atoms with Crippen LogP contribution in [0.2, 0.25) is 0 Å². The molecule has 15 heteroatoms. The fourth-order valence-corrected chi connectivity index (χ4v) is 3.60. The van der Waals surface area contributed by atoms with Crippen LogP contribution in [-0.4, -0.2) is 77.8 Å². The highest BCUT2D eigenvalue weighted by Gasteiger charge is 2.33. The fraction of sp³-hybridized carbons (Fsp3) is 0.474. The summed E-state index contributed by atoms with van der Waals surface area (Å²) in [6.45, 7) is 1.07. The van der Waals surface area contributed by atoms with Gasteiger partial charge in [0.1, 0.15) is 18.3 Å². The van der Waals surface area contributed by atoms with Crippen molar-refractivity contribution in [3.63, 3.8) is 0 Å². The second-order valence-electron chi connectivity index (χ2n) is 7.79. The molecule has 34 heavy (non-hydrogen) atoms. The standard InChI is InChI=1S/C18H20FN5O4.CH4O3S.H2O/c1-28-22-14-8-23(6-9(14)5-20)17-13(19)4-11-15(25)12(18(26)27)7-24(10-2-3-10)16(11)21-17;1-5(2,3)4;/h4,7,9-10H,2-3,5-6,8,20H2,1H3,(H,26,27);1H3,(H,2,3,4);1H2. The molecule has 1 aliphatic heterocycles. The van der Waals surface area contributed by atoms with Gasteiger partial charge >= 0.3 is 5.97 Å². The lowest BCUT2D eigenvalue weighted by molar-refractivity contribution is 0.0694. The Balaban J connectivity index is 0.000000619. The number of fused-ring (bicyclic) bond motifs is 1. The number of hydrogen-bond acceptors (Lipinski definition) is 9. The number of oxime groups is 1. The summed E-state index contributed by atoms with van der Waals surface area (Å²) >= 11 is 0. The summed E-state index contributed by atoms with van der Waals surface area (Å²) in [4.78, 5) is 34.9. The fourth-order valence-electron chi connectivity index (χ4n) is 3.60. The van der Waals surface area contributed by atoms with Crippen molar-refractivity contribution in [3.05, 3.63) is 33.9 Å². The summed E-state index contributed by atoms with van der Waals surface area (Å²) in [5, 5.41) is 13.2. The summed E-state index contributed by atoms with van der Waals surface area (Å²) in [5.41, 5.74) is 5.65. The Morgan fingerprint density at radius 1 is 1.41 bits per heavy atom. The highest BCUT2D eigenvalue weighted by Crippen LogP contribution is 2.37. The van der Waals surface area contributed by atoms with Crippen molar-refractivity contribution in [3.8, 4) is 0 Å². The van der Waals surface area contributed by atoms with E-state index in [4.69, 9.17) is 15.1 Å².